The summed E-state index contributed by atoms with van der Waals surface area (Å²) in [7, 11) is 0. The molecule has 1 aliphatic heterocycles. The molecule has 1 saturated heterocycles. The van der Waals surface area contributed by atoms with Gasteiger partial charge in [0, 0.05) is 0 Å². The number of hydrogen-bond donors (Lipinski definition) is 1. The molecule has 0 aromatic heterocycles. The van der Waals surface area contributed by atoms with Gasteiger partial charge in [-0.15, -0.1) is 0 Å². The van der Waals surface area contributed by atoms with E-state index in [1.54, 1.807) is 6.92 Å². The molecule has 1 aliphatic rings. The average molecular weight is 282 g/mol. The summed E-state index contributed by atoms with van der Waals surface area (Å²) in [6, 6.07) is -0.861. The van der Waals surface area contributed by atoms with Crippen molar-refractivity contribution >= 4 is 17.7 Å². The summed E-state index contributed by atoms with van der Waals surface area (Å²) < 4.78 is 39.8. The molecule has 19 heavy (non-hydrogen) atoms. The number of carbonyl (C=O) groups is 3. The summed E-state index contributed by atoms with van der Waals surface area (Å²) in [5, 5.41) is 2.05. The summed E-state index contributed by atoms with van der Waals surface area (Å²) in [6.07, 6.45) is -4.27. The van der Waals surface area contributed by atoms with E-state index in [-0.39, 0.29) is 13.0 Å². The molecule has 1 unspecified atom stereocenters. The van der Waals surface area contributed by atoms with Crippen LogP contribution in [0.15, 0.2) is 0 Å². The van der Waals surface area contributed by atoms with Crippen molar-refractivity contribution in [2.75, 3.05) is 19.8 Å². The smallest absolute Gasteiger partial charge is 0.362 e. The van der Waals surface area contributed by atoms with Gasteiger partial charge in [0.1, 0.15) is 25.8 Å². The molecule has 1 fully saturated rings. The Morgan fingerprint density at radius 2 is 2.11 bits per heavy atom. The maximum Gasteiger partial charge on any atom is 0.411 e. The third-order valence-electron chi connectivity index (χ3n) is 2.45. The minimum absolute atomic E-state index is 0.254. The van der Waals surface area contributed by atoms with Crippen molar-refractivity contribution in [1.29, 1.82) is 0 Å². The van der Waals surface area contributed by atoms with E-state index in [4.69, 9.17) is 0 Å². The van der Waals surface area contributed by atoms with Crippen LogP contribution in [0.1, 0.15) is 13.3 Å². The fourth-order valence-electron chi connectivity index (χ4n) is 1.67. The second kappa shape index (κ2) is 6.00. The van der Waals surface area contributed by atoms with Gasteiger partial charge >= 0.3 is 6.18 Å². The maximum atomic E-state index is 11.8. The summed E-state index contributed by atoms with van der Waals surface area (Å²) in [6.45, 7) is -1.12. The highest BCUT2D eigenvalue weighted by molar-refractivity contribution is 6.04. The van der Waals surface area contributed by atoms with Crippen molar-refractivity contribution in [3.05, 3.63) is 0 Å². The molecule has 1 N–H and O–H groups in total. The van der Waals surface area contributed by atoms with Crippen LogP contribution < -0.4 is 5.32 Å². The Morgan fingerprint density at radius 1 is 1.47 bits per heavy atom. The molecule has 9 heteroatoms. The first-order valence-electron chi connectivity index (χ1n) is 5.52. The Hall–Kier alpha value is -1.64. The van der Waals surface area contributed by atoms with Crippen LogP contribution in [0.4, 0.5) is 13.2 Å². The molecule has 0 aromatic rings. The van der Waals surface area contributed by atoms with E-state index in [0.29, 0.717) is 0 Å². The van der Waals surface area contributed by atoms with Crippen molar-refractivity contribution in [3.63, 3.8) is 0 Å². The molecular weight excluding hydrogens is 269 g/mol. The maximum absolute atomic E-state index is 11.8. The molecule has 0 radical (unpaired) electrons. The van der Waals surface area contributed by atoms with Gasteiger partial charge in [-0.25, -0.2) is 0 Å². The number of rotatable bonds is 4. The van der Waals surface area contributed by atoms with Crippen LogP contribution in [-0.4, -0.2) is 54.6 Å². The Balaban J connectivity index is 2.58. The van der Waals surface area contributed by atoms with Crippen LogP contribution in [-0.2, 0) is 19.1 Å². The number of imide groups is 1. The molecule has 0 bridgehead atoms. The normalized spacial score (nSPS) is 20.4. The van der Waals surface area contributed by atoms with E-state index >= 15 is 0 Å². The van der Waals surface area contributed by atoms with Gasteiger partial charge in [0.15, 0.2) is 0 Å². The van der Waals surface area contributed by atoms with E-state index in [1.807, 2.05) is 0 Å². The van der Waals surface area contributed by atoms with Crippen molar-refractivity contribution in [1.82, 2.24) is 10.2 Å². The molecule has 6 nitrogen and oxygen atoms in total. The number of amides is 3. The SMILES string of the molecule is CCC1C(=O)NC(=O)CN1C(=O)COCC(F)(F)F. The molecule has 0 saturated carbocycles. The number of hydrogen-bond acceptors (Lipinski definition) is 4. The topological polar surface area (TPSA) is 75.7 Å². The zero-order chi connectivity index (χ0) is 14.6. The first kappa shape index (κ1) is 15.4. The first-order valence-corrected chi connectivity index (χ1v) is 5.52. The second-order valence-electron chi connectivity index (χ2n) is 3.97. The van der Waals surface area contributed by atoms with Gasteiger partial charge in [-0.2, -0.15) is 13.2 Å². The molecule has 0 aliphatic carbocycles. The van der Waals surface area contributed by atoms with Crippen LogP contribution >= 0.6 is 0 Å². The summed E-state index contributed by atoms with van der Waals surface area (Å²) >= 11 is 0. The number of nitrogens with zero attached hydrogens (tertiary/aromatic N) is 1. The fraction of sp³-hybridized carbons (Fsp3) is 0.700. The van der Waals surface area contributed by atoms with Crippen LogP contribution in [0.5, 0.6) is 0 Å². The average Bonchev–Trinajstić information content (AvgIpc) is 2.26. The molecule has 3 amide bonds. The van der Waals surface area contributed by atoms with Gasteiger partial charge < -0.3 is 9.64 Å². The minimum atomic E-state index is -4.53. The number of piperazine rings is 1. The minimum Gasteiger partial charge on any atom is -0.362 e. The lowest BCUT2D eigenvalue weighted by molar-refractivity contribution is -0.179. The molecule has 0 spiro atoms. The highest BCUT2D eigenvalue weighted by atomic mass is 19.4. The first-order chi connectivity index (χ1) is 8.74. The highest BCUT2D eigenvalue weighted by Gasteiger charge is 2.36. The Morgan fingerprint density at radius 3 is 2.63 bits per heavy atom. The van der Waals surface area contributed by atoms with Crippen LogP contribution in [0.3, 0.4) is 0 Å². The second-order valence-corrected chi connectivity index (χ2v) is 3.97. The number of halogens is 3. The number of alkyl halides is 3. The summed E-state index contributed by atoms with van der Waals surface area (Å²) in [5.74, 6) is -2.12. The van der Waals surface area contributed by atoms with Gasteiger partial charge in [0.2, 0.25) is 17.7 Å². The van der Waals surface area contributed by atoms with E-state index in [0.717, 1.165) is 4.90 Å². The lowest BCUT2D eigenvalue weighted by Crippen LogP contribution is -2.60. The predicted octanol–water partition coefficient (Wildman–Crippen LogP) is -0.171. The lowest BCUT2D eigenvalue weighted by atomic mass is 10.1. The van der Waals surface area contributed by atoms with Crippen LogP contribution in [0.2, 0.25) is 0 Å². The van der Waals surface area contributed by atoms with Crippen molar-refractivity contribution < 1.29 is 32.3 Å². The number of carbonyl (C=O) groups excluding carboxylic acids is 3. The van der Waals surface area contributed by atoms with E-state index in [2.05, 4.69) is 10.1 Å². The van der Waals surface area contributed by atoms with Gasteiger partial charge in [0.05, 0.1) is 0 Å². The highest BCUT2D eigenvalue weighted by Crippen LogP contribution is 2.15. The van der Waals surface area contributed by atoms with Crippen molar-refractivity contribution in [2.45, 2.75) is 25.6 Å². The molecule has 0 aromatic carbocycles. The molecular formula is C10H13F3N2O4. The Kier molecular flexibility index (Phi) is 4.87. The van der Waals surface area contributed by atoms with E-state index in [9.17, 15) is 27.6 Å². The quantitative estimate of drug-likeness (QED) is 0.726. The zero-order valence-corrected chi connectivity index (χ0v) is 10.1. The van der Waals surface area contributed by atoms with Gasteiger partial charge in [0.25, 0.3) is 0 Å². The van der Waals surface area contributed by atoms with Crippen molar-refractivity contribution in [3.8, 4) is 0 Å². The third-order valence-corrected chi connectivity index (χ3v) is 2.45. The summed E-state index contributed by atoms with van der Waals surface area (Å²) in [4.78, 5) is 35.1. The Labute approximate surface area is 106 Å². The van der Waals surface area contributed by atoms with Gasteiger partial charge in [-0.3, -0.25) is 19.7 Å². The summed E-state index contributed by atoms with van der Waals surface area (Å²) in [5.41, 5.74) is 0. The third kappa shape index (κ3) is 4.51. The van der Waals surface area contributed by atoms with Crippen molar-refractivity contribution in [2.24, 2.45) is 0 Å². The lowest BCUT2D eigenvalue weighted by Gasteiger charge is -2.33. The van der Waals surface area contributed by atoms with Gasteiger partial charge in [-0.1, -0.05) is 6.92 Å². The molecule has 108 valence electrons. The predicted molar refractivity (Wildman–Crippen MR) is 55.8 cm³/mol. The molecule has 1 atom stereocenters. The number of ether oxygens (including phenoxy) is 1. The zero-order valence-electron chi connectivity index (χ0n) is 10.1. The van der Waals surface area contributed by atoms with E-state index in [1.165, 1.54) is 0 Å². The molecule has 1 rings (SSSR count). The molecule has 1 heterocycles. The monoisotopic (exact) mass is 282 g/mol. The number of nitrogens with one attached hydrogen (secondary N) is 1. The van der Waals surface area contributed by atoms with Crippen LogP contribution in [0, 0.1) is 0 Å². The van der Waals surface area contributed by atoms with Crippen LogP contribution in [0.25, 0.3) is 0 Å². The standard InChI is InChI=1S/C10H13F3N2O4/c1-2-6-9(18)14-7(16)3-15(6)8(17)4-19-5-10(11,12)13/h6H,2-5H2,1H3,(H,14,16,18). The van der Waals surface area contributed by atoms with E-state index < -0.39 is 43.2 Å². The van der Waals surface area contributed by atoms with Gasteiger partial charge in [-0.05, 0) is 6.42 Å². The Bertz CT molecular complexity index is 383. The largest absolute Gasteiger partial charge is 0.411 e. The fourth-order valence-corrected chi connectivity index (χ4v) is 1.67.